The Morgan fingerprint density at radius 2 is 2.17 bits per heavy atom. The van der Waals surface area contributed by atoms with E-state index in [0.29, 0.717) is 10.0 Å². The van der Waals surface area contributed by atoms with Crippen LogP contribution in [0.5, 0.6) is 0 Å². The van der Waals surface area contributed by atoms with Crippen LogP contribution in [-0.2, 0) is 4.74 Å². The molecule has 0 fully saturated rings. The smallest absolute Gasteiger partial charge is 0.252 e. The molecule has 1 atom stereocenters. The van der Waals surface area contributed by atoms with E-state index in [1.54, 1.807) is 19.1 Å². The molecule has 0 bridgehead atoms. The second kappa shape index (κ2) is 6.38. The largest absolute Gasteiger partial charge is 0.386 e. The zero-order valence-corrected chi connectivity index (χ0v) is 11.7. The molecule has 1 amide bonds. The number of hydrogen-bond donors (Lipinski definition) is 2. The molecule has 6 heteroatoms. The van der Waals surface area contributed by atoms with Crippen molar-refractivity contribution >= 4 is 29.1 Å². The Kier molecular flexibility index (Phi) is 5.41. The van der Waals surface area contributed by atoms with Gasteiger partial charge in [0, 0.05) is 18.7 Å². The maximum Gasteiger partial charge on any atom is 0.252 e. The first-order valence-corrected chi connectivity index (χ1v) is 6.06. The zero-order chi connectivity index (χ0) is 13.8. The number of hydrogen-bond acceptors (Lipinski definition) is 3. The molecule has 18 heavy (non-hydrogen) atoms. The third-order valence-corrected chi connectivity index (χ3v) is 2.82. The third-order valence-electron chi connectivity index (χ3n) is 2.26. The molecule has 0 aliphatic carbocycles. The van der Waals surface area contributed by atoms with Crippen molar-refractivity contribution in [2.45, 2.75) is 12.5 Å². The van der Waals surface area contributed by atoms with Gasteiger partial charge in [0.1, 0.15) is 5.60 Å². The summed E-state index contributed by atoms with van der Waals surface area (Å²) in [4.78, 5) is 11.9. The molecule has 100 valence electrons. The number of amides is 1. The Bertz CT molecular complexity index is 435. The van der Waals surface area contributed by atoms with Crippen LogP contribution in [-0.4, -0.2) is 36.9 Å². The number of aliphatic hydroxyl groups is 1. The van der Waals surface area contributed by atoms with Gasteiger partial charge in [0.05, 0.1) is 17.2 Å². The van der Waals surface area contributed by atoms with Crippen molar-refractivity contribution in [1.29, 1.82) is 0 Å². The molecule has 1 aromatic carbocycles. The molecule has 0 aliphatic rings. The minimum atomic E-state index is -1.13. The molecule has 2 N–H and O–H groups in total. The summed E-state index contributed by atoms with van der Waals surface area (Å²) in [6, 6.07) is 4.62. The van der Waals surface area contributed by atoms with E-state index in [2.05, 4.69) is 5.32 Å². The fraction of sp³-hybridized carbons (Fsp3) is 0.417. The Balaban J connectivity index is 2.69. The van der Waals surface area contributed by atoms with Crippen LogP contribution in [0.4, 0.5) is 0 Å². The summed E-state index contributed by atoms with van der Waals surface area (Å²) in [5, 5.41) is 13.1. The van der Waals surface area contributed by atoms with Crippen molar-refractivity contribution < 1.29 is 14.6 Å². The fourth-order valence-electron chi connectivity index (χ4n) is 1.40. The molecule has 0 spiro atoms. The predicted octanol–water partition coefficient (Wildman–Crippen LogP) is 2.12. The number of methoxy groups -OCH3 is 1. The van der Waals surface area contributed by atoms with Crippen molar-refractivity contribution in [2.75, 3.05) is 20.3 Å². The summed E-state index contributed by atoms with van der Waals surface area (Å²) < 4.78 is 4.84. The van der Waals surface area contributed by atoms with E-state index in [9.17, 15) is 9.90 Å². The average Bonchev–Trinajstić information content (AvgIpc) is 2.29. The monoisotopic (exact) mass is 291 g/mol. The maximum atomic E-state index is 11.9. The van der Waals surface area contributed by atoms with Gasteiger partial charge in [-0.05, 0) is 25.1 Å². The summed E-state index contributed by atoms with van der Waals surface area (Å²) in [6.45, 7) is 1.75. The topological polar surface area (TPSA) is 58.6 Å². The number of benzene rings is 1. The number of nitrogens with one attached hydrogen (secondary N) is 1. The summed E-state index contributed by atoms with van der Waals surface area (Å²) >= 11 is 11.7. The average molecular weight is 292 g/mol. The lowest BCUT2D eigenvalue weighted by molar-refractivity contribution is -0.0147. The Labute approximate surface area is 116 Å². The summed E-state index contributed by atoms with van der Waals surface area (Å²) in [6.07, 6.45) is 0. The van der Waals surface area contributed by atoms with Crippen LogP contribution >= 0.6 is 23.2 Å². The van der Waals surface area contributed by atoms with Crippen molar-refractivity contribution in [3.63, 3.8) is 0 Å². The van der Waals surface area contributed by atoms with Gasteiger partial charge in [-0.3, -0.25) is 4.79 Å². The van der Waals surface area contributed by atoms with Gasteiger partial charge in [-0.25, -0.2) is 0 Å². The predicted molar refractivity (Wildman–Crippen MR) is 71.3 cm³/mol. The lowest BCUT2D eigenvalue weighted by atomic mass is 10.1. The van der Waals surface area contributed by atoms with Crippen LogP contribution in [0, 0.1) is 0 Å². The second-order valence-electron chi connectivity index (χ2n) is 4.24. The van der Waals surface area contributed by atoms with E-state index in [0.717, 1.165) is 0 Å². The van der Waals surface area contributed by atoms with Crippen molar-refractivity contribution in [2.24, 2.45) is 0 Å². The molecule has 0 aromatic heterocycles. The highest BCUT2D eigenvalue weighted by Gasteiger charge is 2.22. The molecule has 0 saturated heterocycles. The number of halogens is 2. The minimum absolute atomic E-state index is 0.0581. The third kappa shape index (κ3) is 4.46. The second-order valence-corrected chi connectivity index (χ2v) is 5.08. The quantitative estimate of drug-likeness (QED) is 0.874. The Morgan fingerprint density at radius 3 is 2.78 bits per heavy atom. The van der Waals surface area contributed by atoms with Crippen LogP contribution in [0.2, 0.25) is 10.0 Å². The van der Waals surface area contributed by atoms with Crippen molar-refractivity contribution in [3.8, 4) is 0 Å². The van der Waals surface area contributed by atoms with Crippen LogP contribution in [0.3, 0.4) is 0 Å². The van der Waals surface area contributed by atoms with Crippen LogP contribution in [0.25, 0.3) is 0 Å². The molecule has 0 heterocycles. The molecule has 0 saturated carbocycles. The lowest BCUT2D eigenvalue weighted by Crippen LogP contribution is -2.43. The molecule has 1 aromatic rings. The molecule has 0 radical (unpaired) electrons. The van der Waals surface area contributed by atoms with Crippen molar-refractivity contribution in [3.05, 3.63) is 33.8 Å². The highest BCUT2D eigenvalue weighted by Crippen LogP contribution is 2.20. The summed E-state index contributed by atoms with van der Waals surface area (Å²) in [5.41, 5.74) is -0.854. The van der Waals surface area contributed by atoms with Gasteiger partial charge < -0.3 is 15.2 Å². The van der Waals surface area contributed by atoms with Crippen LogP contribution in [0.1, 0.15) is 17.3 Å². The zero-order valence-electron chi connectivity index (χ0n) is 10.2. The molecule has 1 unspecified atom stereocenters. The maximum absolute atomic E-state index is 11.9. The van der Waals surface area contributed by atoms with Gasteiger partial charge in [0.2, 0.25) is 0 Å². The minimum Gasteiger partial charge on any atom is -0.386 e. The first-order chi connectivity index (χ1) is 8.35. The summed E-state index contributed by atoms with van der Waals surface area (Å²) in [5.74, 6) is -0.390. The van der Waals surface area contributed by atoms with E-state index >= 15 is 0 Å². The van der Waals surface area contributed by atoms with Gasteiger partial charge >= 0.3 is 0 Å². The first-order valence-electron chi connectivity index (χ1n) is 5.30. The normalized spacial score (nSPS) is 14.1. The highest BCUT2D eigenvalue weighted by atomic mass is 35.5. The number of carbonyl (C=O) groups is 1. The van der Waals surface area contributed by atoms with E-state index in [1.807, 2.05) is 0 Å². The number of ether oxygens (including phenoxy) is 1. The highest BCUT2D eigenvalue weighted by molar-refractivity contribution is 6.35. The lowest BCUT2D eigenvalue weighted by Gasteiger charge is -2.22. The van der Waals surface area contributed by atoms with Crippen LogP contribution < -0.4 is 5.32 Å². The Morgan fingerprint density at radius 1 is 1.50 bits per heavy atom. The van der Waals surface area contributed by atoms with E-state index < -0.39 is 5.60 Å². The van der Waals surface area contributed by atoms with Crippen LogP contribution in [0.15, 0.2) is 18.2 Å². The molecule has 0 aliphatic heterocycles. The van der Waals surface area contributed by atoms with Crippen molar-refractivity contribution in [1.82, 2.24) is 5.32 Å². The molecular weight excluding hydrogens is 277 g/mol. The standard InChI is InChI=1S/C12H15Cl2NO3/c1-12(17,7-18-2)6-15-11(16)9-5-8(13)3-4-10(9)14/h3-5,17H,6-7H2,1-2H3,(H,15,16). The van der Waals surface area contributed by atoms with E-state index in [1.165, 1.54) is 13.2 Å². The van der Waals surface area contributed by atoms with Gasteiger partial charge in [-0.1, -0.05) is 23.2 Å². The van der Waals surface area contributed by atoms with Gasteiger partial charge in [-0.15, -0.1) is 0 Å². The van der Waals surface area contributed by atoms with E-state index in [4.69, 9.17) is 27.9 Å². The number of carbonyl (C=O) groups excluding carboxylic acids is 1. The molecule has 1 rings (SSSR count). The Hall–Kier alpha value is -0.810. The summed E-state index contributed by atoms with van der Waals surface area (Å²) in [7, 11) is 1.48. The van der Waals surface area contributed by atoms with Gasteiger partial charge in [0.15, 0.2) is 0 Å². The van der Waals surface area contributed by atoms with Gasteiger partial charge in [-0.2, -0.15) is 0 Å². The fourth-order valence-corrected chi connectivity index (χ4v) is 1.77. The molecular formula is C12H15Cl2NO3. The van der Waals surface area contributed by atoms with E-state index in [-0.39, 0.29) is 24.6 Å². The number of rotatable bonds is 5. The first kappa shape index (κ1) is 15.2. The molecule has 4 nitrogen and oxygen atoms in total. The van der Waals surface area contributed by atoms with Gasteiger partial charge in [0.25, 0.3) is 5.91 Å². The SMILES string of the molecule is COCC(C)(O)CNC(=O)c1cc(Cl)ccc1Cl.